The van der Waals surface area contributed by atoms with Gasteiger partial charge in [0, 0.05) is 6.54 Å². The first kappa shape index (κ1) is 19.7. The van der Waals surface area contributed by atoms with E-state index in [4.69, 9.17) is 4.43 Å². The lowest BCUT2D eigenvalue weighted by Crippen LogP contribution is -2.47. The lowest BCUT2D eigenvalue weighted by Gasteiger charge is -2.40. The van der Waals surface area contributed by atoms with Gasteiger partial charge in [-0.1, -0.05) is 51.1 Å². The average Bonchev–Trinajstić information content (AvgIpc) is 2.48. The summed E-state index contributed by atoms with van der Waals surface area (Å²) in [7, 11) is -1.71. The van der Waals surface area contributed by atoms with E-state index in [0.29, 0.717) is 0 Å². The molecule has 0 aliphatic carbocycles. The van der Waals surface area contributed by atoms with Gasteiger partial charge in [-0.3, -0.25) is 0 Å². The van der Waals surface area contributed by atoms with Gasteiger partial charge in [-0.15, -0.1) is 0 Å². The Balaban J connectivity index is 1.74. The fraction of sp³-hybridized carbons (Fsp3) is 0.667. The summed E-state index contributed by atoms with van der Waals surface area (Å²) in [6, 6.07) is 10.9. The molecule has 135 valence electrons. The van der Waals surface area contributed by atoms with E-state index >= 15 is 0 Å². The van der Waals surface area contributed by atoms with Crippen LogP contribution in [0.3, 0.4) is 0 Å². The maximum atomic E-state index is 6.41. The van der Waals surface area contributed by atoms with E-state index < -0.39 is 8.32 Å². The maximum Gasteiger partial charge on any atom is 0.192 e. The van der Waals surface area contributed by atoms with Crippen molar-refractivity contribution in [2.45, 2.75) is 64.3 Å². The topological polar surface area (TPSA) is 12.5 Å². The standard InChI is InChI=1S/C21H36NOSi/c1-18(23-24(5,6)21(2,3)4)17-22-14-12-20(13-15-22)16-19-10-8-7-9-11-19/h7-11,18,20H,1,12-17H2,2-6H3. The SMILES string of the molecule is [CH2]C(CN1CCC(Cc2ccccc2)CC1)O[Si](C)(C)C(C)(C)C. The molecule has 1 fully saturated rings. The quantitative estimate of drug-likeness (QED) is 0.659. The van der Waals surface area contributed by atoms with Gasteiger partial charge < -0.3 is 9.33 Å². The minimum absolute atomic E-state index is 0.0940. The zero-order valence-electron chi connectivity index (χ0n) is 16.3. The Hall–Kier alpha value is -0.643. The van der Waals surface area contributed by atoms with Crippen LogP contribution in [0.5, 0.6) is 0 Å². The Morgan fingerprint density at radius 1 is 1.17 bits per heavy atom. The summed E-state index contributed by atoms with van der Waals surface area (Å²) >= 11 is 0. The Bertz CT molecular complexity index is 486. The number of likely N-dealkylation sites (tertiary alicyclic amines) is 1. The zero-order chi connectivity index (χ0) is 17.8. The van der Waals surface area contributed by atoms with Crippen molar-refractivity contribution in [2.75, 3.05) is 19.6 Å². The molecule has 1 aromatic carbocycles. The van der Waals surface area contributed by atoms with Crippen molar-refractivity contribution < 1.29 is 4.43 Å². The van der Waals surface area contributed by atoms with E-state index in [9.17, 15) is 0 Å². The van der Waals surface area contributed by atoms with Crippen molar-refractivity contribution in [1.29, 1.82) is 0 Å². The molecule has 1 saturated heterocycles. The number of benzene rings is 1. The van der Waals surface area contributed by atoms with Crippen molar-refractivity contribution in [1.82, 2.24) is 4.90 Å². The summed E-state index contributed by atoms with van der Waals surface area (Å²) in [5.41, 5.74) is 1.48. The fourth-order valence-electron chi connectivity index (χ4n) is 3.24. The molecule has 1 atom stereocenters. The van der Waals surface area contributed by atoms with Crippen LogP contribution in [0.15, 0.2) is 30.3 Å². The Morgan fingerprint density at radius 2 is 1.75 bits per heavy atom. The third-order valence-corrected chi connectivity index (χ3v) is 10.3. The van der Waals surface area contributed by atoms with Crippen LogP contribution in [0.4, 0.5) is 0 Å². The molecule has 1 aliphatic heterocycles. The highest BCUT2D eigenvalue weighted by Gasteiger charge is 2.38. The molecule has 2 rings (SSSR count). The monoisotopic (exact) mass is 346 g/mol. The van der Waals surface area contributed by atoms with Crippen LogP contribution in [0, 0.1) is 12.8 Å². The summed E-state index contributed by atoms with van der Waals surface area (Å²) < 4.78 is 6.41. The molecule has 3 heteroatoms. The predicted octanol–water partition coefficient (Wildman–Crippen LogP) is 5.17. The Morgan fingerprint density at radius 3 is 2.29 bits per heavy atom. The van der Waals surface area contributed by atoms with Gasteiger partial charge in [0.1, 0.15) is 0 Å². The van der Waals surface area contributed by atoms with Gasteiger partial charge in [0.05, 0.1) is 6.10 Å². The summed E-state index contributed by atoms with van der Waals surface area (Å²) in [5, 5.41) is 0.256. The fourth-order valence-corrected chi connectivity index (χ4v) is 4.50. The van der Waals surface area contributed by atoms with Crippen molar-refractivity contribution in [3.05, 3.63) is 42.8 Å². The van der Waals surface area contributed by atoms with E-state index in [1.807, 2.05) is 0 Å². The molecule has 1 aromatic rings. The summed E-state index contributed by atoms with van der Waals surface area (Å²) in [5.74, 6) is 0.827. The van der Waals surface area contributed by atoms with Crippen molar-refractivity contribution in [3.63, 3.8) is 0 Å². The first-order valence-electron chi connectivity index (χ1n) is 9.44. The van der Waals surface area contributed by atoms with Gasteiger partial charge in [-0.25, -0.2) is 0 Å². The van der Waals surface area contributed by atoms with Crippen LogP contribution in [-0.4, -0.2) is 39.0 Å². The summed E-state index contributed by atoms with van der Waals surface area (Å²) in [6.07, 6.45) is 3.91. The van der Waals surface area contributed by atoms with E-state index in [0.717, 1.165) is 12.5 Å². The van der Waals surface area contributed by atoms with Crippen molar-refractivity contribution in [3.8, 4) is 0 Å². The second kappa shape index (κ2) is 8.16. The van der Waals surface area contributed by atoms with Crippen molar-refractivity contribution >= 4 is 8.32 Å². The maximum absolute atomic E-state index is 6.41. The van der Waals surface area contributed by atoms with E-state index in [1.54, 1.807) is 0 Å². The van der Waals surface area contributed by atoms with Crippen LogP contribution >= 0.6 is 0 Å². The third kappa shape index (κ3) is 5.71. The van der Waals surface area contributed by atoms with Gasteiger partial charge in [0.2, 0.25) is 0 Å². The molecule has 1 unspecified atom stereocenters. The smallest absolute Gasteiger partial charge is 0.192 e. The van der Waals surface area contributed by atoms with Gasteiger partial charge >= 0.3 is 0 Å². The largest absolute Gasteiger partial charge is 0.413 e. The van der Waals surface area contributed by atoms with Gasteiger partial charge in [0.25, 0.3) is 0 Å². The minimum Gasteiger partial charge on any atom is -0.413 e. The molecule has 0 bridgehead atoms. The number of hydrogen-bond donors (Lipinski definition) is 0. The van der Waals surface area contributed by atoms with Gasteiger partial charge in [0.15, 0.2) is 8.32 Å². The minimum atomic E-state index is -1.71. The molecule has 1 radical (unpaired) electrons. The van der Waals surface area contributed by atoms with Crippen LogP contribution in [0.25, 0.3) is 0 Å². The van der Waals surface area contributed by atoms with Gasteiger partial charge in [-0.2, -0.15) is 0 Å². The molecular formula is C21H36NOSi. The van der Waals surface area contributed by atoms with Crippen LogP contribution in [0.2, 0.25) is 18.1 Å². The highest BCUT2D eigenvalue weighted by molar-refractivity contribution is 6.74. The lowest BCUT2D eigenvalue weighted by atomic mass is 9.90. The van der Waals surface area contributed by atoms with Crippen LogP contribution in [-0.2, 0) is 10.8 Å². The van der Waals surface area contributed by atoms with Crippen LogP contribution in [0.1, 0.15) is 39.2 Å². The number of hydrogen-bond acceptors (Lipinski definition) is 2. The van der Waals surface area contributed by atoms with Crippen LogP contribution < -0.4 is 0 Å². The second-order valence-corrected chi connectivity index (χ2v) is 13.7. The second-order valence-electron chi connectivity index (χ2n) is 8.93. The molecule has 0 amide bonds. The lowest BCUT2D eigenvalue weighted by molar-refractivity contribution is 0.118. The average molecular weight is 347 g/mol. The summed E-state index contributed by atoms with van der Waals surface area (Å²) in [4.78, 5) is 2.55. The Kier molecular flexibility index (Phi) is 6.69. The number of rotatable bonds is 6. The molecule has 0 saturated carbocycles. The highest BCUT2D eigenvalue weighted by Crippen LogP contribution is 2.37. The first-order chi connectivity index (χ1) is 11.2. The molecular weight excluding hydrogens is 310 g/mol. The van der Waals surface area contributed by atoms with Gasteiger partial charge in [-0.05, 0) is 68.9 Å². The number of nitrogens with zero attached hydrogens (tertiary/aromatic N) is 1. The van der Waals surface area contributed by atoms with E-state index in [-0.39, 0.29) is 11.1 Å². The molecule has 0 aromatic heterocycles. The van der Waals surface area contributed by atoms with Crippen molar-refractivity contribution in [2.24, 2.45) is 5.92 Å². The predicted molar refractivity (Wildman–Crippen MR) is 107 cm³/mol. The normalized spacial score (nSPS) is 19.4. The van der Waals surface area contributed by atoms with E-state index in [1.165, 1.54) is 37.9 Å². The summed E-state index contributed by atoms with van der Waals surface area (Å²) in [6.45, 7) is 19.1. The first-order valence-corrected chi connectivity index (χ1v) is 12.4. The number of piperidine rings is 1. The molecule has 1 aliphatic rings. The third-order valence-electron chi connectivity index (χ3n) is 5.80. The molecule has 2 nitrogen and oxygen atoms in total. The molecule has 0 spiro atoms. The molecule has 1 heterocycles. The van der Waals surface area contributed by atoms with E-state index in [2.05, 4.69) is 76.0 Å². The molecule has 0 N–H and O–H groups in total. The zero-order valence-corrected chi connectivity index (χ0v) is 17.3. The highest BCUT2D eigenvalue weighted by atomic mass is 28.4. The molecule has 24 heavy (non-hydrogen) atoms. The Labute approximate surface area is 150 Å².